The molecule has 1 aliphatic carbocycles. The molecule has 1 aromatic carbocycles. The summed E-state index contributed by atoms with van der Waals surface area (Å²) < 4.78 is 16.3. The van der Waals surface area contributed by atoms with Crippen LogP contribution in [0.4, 0.5) is 0 Å². The van der Waals surface area contributed by atoms with Crippen LogP contribution in [-0.2, 0) is 9.47 Å². The maximum atomic E-state index is 9.68. The van der Waals surface area contributed by atoms with Crippen LogP contribution in [0.15, 0.2) is 24.3 Å². The fraction of sp³-hybridized carbons (Fsp3) is 0.571. The van der Waals surface area contributed by atoms with Crippen molar-refractivity contribution in [2.24, 2.45) is 0 Å². The van der Waals surface area contributed by atoms with Crippen LogP contribution in [0.1, 0.15) is 12.0 Å². The number of para-hydroxylation sites is 1. The van der Waals surface area contributed by atoms with Crippen molar-refractivity contribution >= 4 is 0 Å². The lowest BCUT2D eigenvalue weighted by Gasteiger charge is -2.41. The summed E-state index contributed by atoms with van der Waals surface area (Å²) in [7, 11) is 1.63. The molecule has 0 bridgehead atoms. The third-order valence-electron chi connectivity index (χ3n) is 3.19. The summed E-state index contributed by atoms with van der Waals surface area (Å²) in [5.41, 5.74) is 1.09. The van der Waals surface area contributed by atoms with Crippen molar-refractivity contribution < 1.29 is 19.3 Å². The highest BCUT2D eigenvalue weighted by atomic mass is 16.6. The van der Waals surface area contributed by atoms with Gasteiger partial charge in [-0.25, -0.2) is 0 Å². The Morgan fingerprint density at radius 3 is 2.72 bits per heavy atom. The van der Waals surface area contributed by atoms with Crippen LogP contribution in [0.2, 0.25) is 0 Å². The van der Waals surface area contributed by atoms with E-state index in [0.29, 0.717) is 19.6 Å². The number of rotatable bonds is 6. The molecule has 100 valence electrons. The number of hydrogen-bond acceptors (Lipinski definition) is 4. The van der Waals surface area contributed by atoms with Crippen molar-refractivity contribution in [2.75, 3.05) is 20.3 Å². The van der Waals surface area contributed by atoms with Gasteiger partial charge in [0.15, 0.2) is 0 Å². The third-order valence-corrected chi connectivity index (χ3v) is 3.19. The van der Waals surface area contributed by atoms with Gasteiger partial charge in [0.05, 0.1) is 19.3 Å². The van der Waals surface area contributed by atoms with Gasteiger partial charge in [0, 0.05) is 13.5 Å². The molecule has 0 aliphatic heterocycles. The first-order valence-electron chi connectivity index (χ1n) is 6.23. The second kappa shape index (κ2) is 6.18. The van der Waals surface area contributed by atoms with E-state index in [2.05, 4.69) is 0 Å². The Hall–Kier alpha value is -1.10. The Morgan fingerprint density at radius 2 is 2.06 bits per heavy atom. The number of aryl methyl sites for hydroxylation is 1. The van der Waals surface area contributed by atoms with E-state index in [-0.39, 0.29) is 12.2 Å². The molecule has 2 rings (SSSR count). The number of hydrogen-bond donors (Lipinski definition) is 1. The molecule has 18 heavy (non-hydrogen) atoms. The molecule has 0 amide bonds. The molecule has 0 heterocycles. The van der Waals surface area contributed by atoms with Crippen molar-refractivity contribution in [1.29, 1.82) is 0 Å². The van der Waals surface area contributed by atoms with Gasteiger partial charge < -0.3 is 19.3 Å². The lowest BCUT2D eigenvalue weighted by Crippen LogP contribution is -2.55. The van der Waals surface area contributed by atoms with Crippen molar-refractivity contribution in [3.63, 3.8) is 0 Å². The van der Waals surface area contributed by atoms with Gasteiger partial charge in [-0.2, -0.15) is 0 Å². The Balaban J connectivity index is 1.88. The SMILES string of the molecule is COCCOC1C(O)CC1Oc1ccccc1C. The minimum atomic E-state index is -0.434. The van der Waals surface area contributed by atoms with Crippen molar-refractivity contribution in [1.82, 2.24) is 0 Å². The summed E-state index contributed by atoms with van der Waals surface area (Å²) in [5, 5.41) is 9.68. The Kier molecular flexibility index (Phi) is 4.58. The summed E-state index contributed by atoms with van der Waals surface area (Å²) in [6, 6.07) is 7.86. The fourth-order valence-corrected chi connectivity index (χ4v) is 2.01. The van der Waals surface area contributed by atoms with Crippen LogP contribution in [0.3, 0.4) is 0 Å². The van der Waals surface area contributed by atoms with Crippen molar-refractivity contribution in [3.8, 4) is 5.75 Å². The average molecular weight is 252 g/mol. The number of benzene rings is 1. The first-order valence-corrected chi connectivity index (χ1v) is 6.23. The van der Waals surface area contributed by atoms with Gasteiger partial charge >= 0.3 is 0 Å². The highest BCUT2D eigenvalue weighted by Gasteiger charge is 2.43. The molecule has 3 unspecified atom stereocenters. The van der Waals surface area contributed by atoms with Gasteiger partial charge in [-0.05, 0) is 18.6 Å². The van der Waals surface area contributed by atoms with E-state index < -0.39 is 6.10 Å². The lowest BCUT2D eigenvalue weighted by molar-refractivity contribution is -0.167. The first kappa shape index (κ1) is 13.3. The minimum absolute atomic E-state index is 0.0713. The smallest absolute Gasteiger partial charge is 0.130 e. The van der Waals surface area contributed by atoms with Crippen molar-refractivity contribution in [3.05, 3.63) is 29.8 Å². The van der Waals surface area contributed by atoms with Crippen LogP contribution in [0.5, 0.6) is 5.75 Å². The van der Waals surface area contributed by atoms with Crippen molar-refractivity contribution in [2.45, 2.75) is 31.7 Å². The summed E-state index contributed by atoms with van der Waals surface area (Å²) >= 11 is 0. The molecule has 4 nitrogen and oxygen atoms in total. The second-order valence-electron chi connectivity index (χ2n) is 4.55. The molecule has 0 radical (unpaired) electrons. The van der Waals surface area contributed by atoms with Crippen LogP contribution < -0.4 is 4.74 Å². The van der Waals surface area contributed by atoms with Gasteiger partial charge in [0.2, 0.25) is 0 Å². The van der Waals surface area contributed by atoms with Crippen LogP contribution in [0.25, 0.3) is 0 Å². The van der Waals surface area contributed by atoms with Gasteiger partial charge in [-0.15, -0.1) is 0 Å². The summed E-state index contributed by atoms with van der Waals surface area (Å²) in [6.45, 7) is 3.01. The van der Waals surface area contributed by atoms with Crippen LogP contribution in [-0.4, -0.2) is 43.7 Å². The summed E-state index contributed by atoms with van der Waals surface area (Å²) in [6.07, 6.45) is -0.139. The van der Waals surface area contributed by atoms with E-state index in [1.807, 2.05) is 31.2 Å². The number of aliphatic hydroxyl groups excluding tert-OH is 1. The van der Waals surface area contributed by atoms with Gasteiger partial charge in [-0.3, -0.25) is 0 Å². The van der Waals surface area contributed by atoms with Crippen LogP contribution in [0, 0.1) is 6.92 Å². The molecule has 4 heteroatoms. The summed E-state index contributed by atoms with van der Waals surface area (Å²) in [5.74, 6) is 0.856. The Morgan fingerprint density at radius 1 is 1.28 bits per heavy atom. The molecule has 0 aromatic heterocycles. The van der Waals surface area contributed by atoms with E-state index in [0.717, 1.165) is 11.3 Å². The second-order valence-corrected chi connectivity index (χ2v) is 4.55. The number of methoxy groups -OCH3 is 1. The van der Waals surface area contributed by atoms with Crippen LogP contribution >= 0.6 is 0 Å². The predicted molar refractivity (Wildman–Crippen MR) is 67.8 cm³/mol. The number of aliphatic hydroxyl groups is 1. The highest BCUT2D eigenvalue weighted by molar-refractivity contribution is 5.32. The molecular weight excluding hydrogens is 232 g/mol. The van der Waals surface area contributed by atoms with Gasteiger partial charge in [-0.1, -0.05) is 18.2 Å². The largest absolute Gasteiger partial charge is 0.487 e. The normalized spacial score (nSPS) is 26.7. The van der Waals surface area contributed by atoms with E-state index in [9.17, 15) is 5.11 Å². The van der Waals surface area contributed by atoms with E-state index in [1.165, 1.54) is 0 Å². The molecule has 1 N–H and O–H groups in total. The molecule has 1 aliphatic rings. The van der Waals surface area contributed by atoms with Gasteiger partial charge in [0.1, 0.15) is 18.0 Å². The van der Waals surface area contributed by atoms with E-state index >= 15 is 0 Å². The van der Waals surface area contributed by atoms with E-state index in [1.54, 1.807) is 7.11 Å². The Labute approximate surface area is 107 Å². The fourth-order valence-electron chi connectivity index (χ4n) is 2.01. The lowest BCUT2D eigenvalue weighted by atomic mass is 9.88. The third kappa shape index (κ3) is 3.02. The Bertz CT molecular complexity index is 380. The van der Waals surface area contributed by atoms with Gasteiger partial charge in [0.25, 0.3) is 0 Å². The zero-order valence-electron chi connectivity index (χ0n) is 10.8. The molecule has 0 saturated heterocycles. The van der Waals surface area contributed by atoms with E-state index in [4.69, 9.17) is 14.2 Å². The molecule has 1 fully saturated rings. The molecule has 3 atom stereocenters. The zero-order chi connectivity index (χ0) is 13.0. The molecule has 1 saturated carbocycles. The number of ether oxygens (including phenoxy) is 3. The average Bonchev–Trinajstić information content (AvgIpc) is 2.36. The molecular formula is C14H20O4. The first-order chi connectivity index (χ1) is 8.72. The highest BCUT2D eigenvalue weighted by Crippen LogP contribution is 2.30. The quantitative estimate of drug-likeness (QED) is 0.780. The predicted octanol–water partition coefficient (Wildman–Crippen LogP) is 1.54. The molecule has 0 spiro atoms. The maximum absolute atomic E-state index is 9.68. The maximum Gasteiger partial charge on any atom is 0.130 e. The monoisotopic (exact) mass is 252 g/mol. The summed E-state index contributed by atoms with van der Waals surface area (Å²) in [4.78, 5) is 0. The topological polar surface area (TPSA) is 47.9 Å². The standard InChI is InChI=1S/C14H20O4/c1-10-5-3-4-6-12(10)18-13-9-11(15)14(13)17-8-7-16-2/h3-6,11,13-15H,7-9H2,1-2H3. The zero-order valence-corrected chi connectivity index (χ0v) is 10.8. The molecule has 1 aromatic rings. The minimum Gasteiger partial charge on any atom is -0.487 e.